The molecule has 6 aromatic rings. The molecule has 0 aliphatic carbocycles. The Kier molecular flexibility index (Phi) is 18.9. The largest absolute Gasteiger partial charge is 0.433 e. The summed E-state index contributed by atoms with van der Waals surface area (Å²) in [6.45, 7) is 8.26. The van der Waals surface area contributed by atoms with E-state index in [2.05, 4.69) is 71.1 Å². The summed E-state index contributed by atoms with van der Waals surface area (Å²) in [5.41, 5.74) is 6.31. The number of benzene rings is 3. The number of hydrogen-bond acceptors (Lipinski definition) is 10. The Morgan fingerprint density at radius 1 is 0.577 bits per heavy atom. The molecule has 3 atom stereocenters. The Hall–Kier alpha value is -5.98. The lowest BCUT2D eigenvalue weighted by atomic mass is 9.91. The lowest BCUT2D eigenvalue weighted by Crippen LogP contribution is -2.33. The van der Waals surface area contributed by atoms with Crippen molar-refractivity contribution in [2.75, 3.05) is 61.8 Å². The Morgan fingerprint density at radius 3 is 1.44 bits per heavy atom. The fourth-order valence-corrected chi connectivity index (χ4v) is 8.88. The molecule has 19 heteroatoms. The minimum Gasteiger partial charge on any atom is -0.371 e. The quantitative estimate of drug-likeness (QED) is 0.0766. The molecule has 6 heterocycles. The number of hydrogen-bond donors (Lipinski definition) is 6. The Labute approximate surface area is 425 Å². The second-order valence-corrected chi connectivity index (χ2v) is 18.3. The molecule has 0 spiro atoms. The van der Waals surface area contributed by atoms with Crippen LogP contribution < -0.4 is 31.9 Å². The molecular weight excluding hydrogens is 978 g/mol. The predicted molar refractivity (Wildman–Crippen MR) is 272 cm³/mol. The second kappa shape index (κ2) is 25.4. The molecule has 3 saturated heterocycles. The van der Waals surface area contributed by atoms with Crippen LogP contribution >= 0.6 is 34.8 Å². The van der Waals surface area contributed by atoms with Crippen LogP contribution in [0, 0.1) is 6.92 Å². The maximum absolute atomic E-state index is 12.5. The fourth-order valence-electron chi connectivity index (χ4n) is 8.17. The molecule has 0 saturated carbocycles. The topological polar surface area (TPSA) is 171 Å². The van der Waals surface area contributed by atoms with Crippen LogP contribution in [0.15, 0.2) is 115 Å². The minimum atomic E-state index is -4.53. The van der Waals surface area contributed by atoms with Crippen molar-refractivity contribution in [2.24, 2.45) is 0 Å². The molecule has 0 unspecified atom stereocenters. The van der Waals surface area contributed by atoms with Gasteiger partial charge in [-0.1, -0.05) is 71.2 Å². The van der Waals surface area contributed by atoms with Gasteiger partial charge in [-0.25, -0.2) is 9.97 Å². The molecule has 6 N–H and O–H groups in total. The number of aryl methyl sites for hydroxylation is 1. The number of ether oxygens (including phenoxy) is 1. The number of nitrogens with one attached hydrogen (secondary N) is 6. The van der Waals surface area contributed by atoms with E-state index in [1.165, 1.54) is 48.9 Å². The van der Waals surface area contributed by atoms with Crippen molar-refractivity contribution in [3.05, 3.63) is 176 Å². The predicted octanol–water partition coefficient (Wildman–Crippen LogP) is 10.9. The first kappa shape index (κ1) is 52.8. The first-order valence-corrected chi connectivity index (χ1v) is 24.3. The van der Waals surface area contributed by atoms with Crippen molar-refractivity contribution >= 4 is 69.6 Å². The summed E-state index contributed by atoms with van der Waals surface area (Å²) in [5, 5.41) is 19.2. The van der Waals surface area contributed by atoms with Gasteiger partial charge in [-0.3, -0.25) is 19.4 Å². The van der Waals surface area contributed by atoms with Crippen LogP contribution in [-0.4, -0.2) is 78.5 Å². The van der Waals surface area contributed by atoms with Crippen LogP contribution in [0.25, 0.3) is 0 Å². The van der Waals surface area contributed by atoms with E-state index in [4.69, 9.17) is 39.5 Å². The molecule has 3 fully saturated rings. The Morgan fingerprint density at radius 2 is 1.03 bits per heavy atom. The zero-order chi connectivity index (χ0) is 50.3. The van der Waals surface area contributed by atoms with Crippen molar-refractivity contribution in [3.8, 4) is 0 Å². The molecule has 3 aliphatic heterocycles. The van der Waals surface area contributed by atoms with Crippen LogP contribution in [0.4, 0.5) is 30.2 Å². The number of rotatable bonds is 9. The highest BCUT2D eigenvalue weighted by Gasteiger charge is 2.32. The summed E-state index contributed by atoms with van der Waals surface area (Å²) < 4.78 is 43.1. The summed E-state index contributed by atoms with van der Waals surface area (Å²) in [6, 6.07) is 31.4. The number of nitrogens with zero attached hydrogens (tertiary/aromatic N) is 3. The average Bonchev–Trinajstić information content (AvgIpc) is 3.37. The van der Waals surface area contributed by atoms with E-state index < -0.39 is 17.8 Å². The van der Waals surface area contributed by atoms with Gasteiger partial charge in [-0.15, -0.1) is 0 Å². The third-order valence-electron chi connectivity index (χ3n) is 11.9. The van der Waals surface area contributed by atoms with Gasteiger partial charge in [0.05, 0.1) is 18.3 Å². The molecule has 0 bridgehead atoms. The van der Waals surface area contributed by atoms with Crippen LogP contribution in [0.3, 0.4) is 0 Å². The molecule has 71 heavy (non-hydrogen) atoms. The molecule has 13 nitrogen and oxygen atoms in total. The van der Waals surface area contributed by atoms with Crippen molar-refractivity contribution < 1.29 is 32.3 Å². The summed E-state index contributed by atoms with van der Waals surface area (Å²) in [4.78, 5) is 47.8. The van der Waals surface area contributed by atoms with E-state index in [9.17, 15) is 27.6 Å². The molecular formula is C52H53Cl3F3N9O4. The van der Waals surface area contributed by atoms with Crippen LogP contribution in [-0.2, 0) is 10.9 Å². The van der Waals surface area contributed by atoms with Gasteiger partial charge in [0, 0.05) is 66.3 Å². The highest BCUT2D eigenvalue weighted by atomic mass is 35.5. The SMILES string of the molecule is Cc1cc(C(=O)Nc2ccc([C@@H]3CCCNC3)cc2)cc(Cl)n1.O=C(Nc1ccc([C@@H]2CCCNC2)cc1)c1cc(Cl)nc(Cl)c1.O=C(Nc1ccc([C@@H]2CNCCO2)cc1)c1ccc(C(F)(F)F)nc1. The molecule has 372 valence electrons. The first-order valence-electron chi connectivity index (χ1n) is 23.1. The highest BCUT2D eigenvalue weighted by Crippen LogP contribution is 2.29. The average molecular weight is 1030 g/mol. The van der Waals surface area contributed by atoms with E-state index in [0.717, 1.165) is 80.2 Å². The van der Waals surface area contributed by atoms with E-state index in [0.29, 0.717) is 40.4 Å². The molecule has 9 rings (SSSR count). The van der Waals surface area contributed by atoms with E-state index in [1.54, 1.807) is 24.3 Å². The summed E-state index contributed by atoms with van der Waals surface area (Å²) >= 11 is 17.6. The fraction of sp³-hybridized carbons (Fsp3) is 0.308. The Balaban J connectivity index is 0.000000157. The van der Waals surface area contributed by atoms with Gasteiger partial charge < -0.3 is 36.6 Å². The number of amides is 3. The number of aromatic nitrogens is 3. The number of piperidine rings is 2. The number of morpholine rings is 1. The second-order valence-electron chi connectivity index (χ2n) is 17.1. The number of alkyl halides is 3. The van der Waals surface area contributed by atoms with E-state index in [-0.39, 0.29) is 33.8 Å². The number of pyridine rings is 3. The first-order chi connectivity index (χ1) is 34.2. The van der Waals surface area contributed by atoms with Crippen molar-refractivity contribution in [3.63, 3.8) is 0 Å². The number of carbonyl (C=O) groups excluding carboxylic acids is 3. The van der Waals surface area contributed by atoms with E-state index >= 15 is 0 Å². The maximum Gasteiger partial charge on any atom is 0.433 e. The molecule has 0 radical (unpaired) electrons. The van der Waals surface area contributed by atoms with E-state index in [1.807, 2.05) is 43.3 Å². The van der Waals surface area contributed by atoms with Crippen LogP contribution in [0.5, 0.6) is 0 Å². The van der Waals surface area contributed by atoms with Crippen molar-refractivity contribution in [1.82, 2.24) is 30.9 Å². The summed E-state index contributed by atoms with van der Waals surface area (Å²) in [6.07, 6.45) is 1.19. The van der Waals surface area contributed by atoms with Gasteiger partial charge in [0.25, 0.3) is 17.7 Å². The van der Waals surface area contributed by atoms with Gasteiger partial charge >= 0.3 is 6.18 Å². The molecule has 3 amide bonds. The normalized spacial score (nSPS) is 17.8. The molecule has 3 aromatic heterocycles. The number of carbonyl (C=O) groups is 3. The van der Waals surface area contributed by atoms with Gasteiger partial charge in [-0.2, -0.15) is 13.2 Å². The summed E-state index contributed by atoms with van der Waals surface area (Å²) in [7, 11) is 0. The van der Waals surface area contributed by atoms with Crippen molar-refractivity contribution in [1.29, 1.82) is 0 Å². The van der Waals surface area contributed by atoms with Gasteiger partial charge in [0.15, 0.2) is 0 Å². The zero-order valence-electron chi connectivity index (χ0n) is 38.7. The van der Waals surface area contributed by atoms with Gasteiger partial charge in [-0.05, 0) is 147 Å². The monoisotopic (exact) mass is 1030 g/mol. The minimum absolute atomic E-state index is 0.0300. The lowest BCUT2D eigenvalue weighted by Gasteiger charge is -2.24. The Bertz CT molecular complexity index is 2550. The van der Waals surface area contributed by atoms with Crippen molar-refractivity contribution in [2.45, 2.75) is 56.7 Å². The molecule has 3 aromatic carbocycles. The highest BCUT2D eigenvalue weighted by molar-refractivity contribution is 6.33. The standard InChI is InChI=1S/C18H20ClN3O.C17H17Cl2N3O.C17H16F3N3O2/c1-12-9-15(10-17(19)21-12)18(23)22-16-6-4-13(5-7-16)14-3-2-8-20-11-14;18-15-8-13(9-16(19)22-15)17(23)21-14-5-3-11(4-6-14)12-2-1-7-20-10-12;18-17(19,20)15-6-3-12(9-22-15)16(24)23-13-4-1-11(2-5-13)14-10-21-7-8-25-14/h4-7,9-10,14,20H,2-3,8,11H2,1H3,(H,22,23);3-6,8-9,12,20H,1-2,7,10H2,(H,21,23);1-6,9,14,21H,7-8,10H2,(H,23,24)/t14-;12-;14-/m110/s1. The van der Waals surface area contributed by atoms with Crippen LogP contribution in [0.1, 0.15) is 103 Å². The number of halogens is 6. The van der Waals surface area contributed by atoms with Gasteiger partial charge in [0.2, 0.25) is 0 Å². The van der Waals surface area contributed by atoms with Crippen LogP contribution in [0.2, 0.25) is 15.5 Å². The third kappa shape index (κ3) is 16.0. The molecule has 3 aliphatic rings. The smallest absolute Gasteiger partial charge is 0.371 e. The number of anilines is 3. The third-order valence-corrected chi connectivity index (χ3v) is 12.4. The maximum atomic E-state index is 12.5. The lowest BCUT2D eigenvalue weighted by molar-refractivity contribution is -0.141. The summed E-state index contributed by atoms with van der Waals surface area (Å²) in [5.74, 6) is 0.152. The zero-order valence-corrected chi connectivity index (χ0v) is 41.0. The van der Waals surface area contributed by atoms with Gasteiger partial charge in [0.1, 0.15) is 21.2 Å².